The van der Waals surface area contributed by atoms with Crippen LogP contribution in [0.2, 0.25) is 0 Å². The summed E-state index contributed by atoms with van der Waals surface area (Å²) < 4.78 is 6.07. The zero-order valence-corrected chi connectivity index (χ0v) is 11.4. The van der Waals surface area contributed by atoms with E-state index in [0.717, 1.165) is 26.2 Å². The molecule has 1 aliphatic heterocycles. The minimum Gasteiger partial charge on any atom is -0.359 e. The van der Waals surface area contributed by atoms with Crippen molar-refractivity contribution in [3.05, 3.63) is 0 Å². The fraction of sp³-hybridized carbons (Fsp3) is 1.00. The van der Waals surface area contributed by atoms with Gasteiger partial charge in [0.05, 0.1) is 0 Å². The average Bonchev–Trinajstić information content (AvgIpc) is 2.41. The van der Waals surface area contributed by atoms with Crippen molar-refractivity contribution in [2.45, 2.75) is 58.7 Å². The Morgan fingerprint density at radius 3 is 2.75 bits per heavy atom. The van der Waals surface area contributed by atoms with Crippen LogP contribution in [0, 0.1) is 0 Å². The first-order valence-corrected chi connectivity index (χ1v) is 6.71. The molecule has 0 aliphatic carbocycles. The van der Waals surface area contributed by atoms with Gasteiger partial charge in [0.25, 0.3) is 0 Å². The number of nitrogens with zero attached hydrogens (tertiary/aromatic N) is 1. The minimum atomic E-state index is -0.125. The summed E-state index contributed by atoms with van der Waals surface area (Å²) in [6.45, 7) is 13.0. The summed E-state index contributed by atoms with van der Waals surface area (Å²) in [5.41, 5.74) is -0.125. The molecule has 1 N–H and O–H groups in total. The highest BCUT2D eigenvalue weighted by Gasteiger charge is 2.35. The van der Waals surface area contributed by atoms with Crippen LogP contribution in [0.25, 0.3) is 0 Å². The molecule has 0 bridgehead atoms. The fourth-order valence-corrected chi connectivity index (χ4v) is 2.45. The lowest BCUT2D eigenvalue weighted by Gasteiger charge is -2.42. The largest absolute Gasteiger partial charge is 0.359 e. The van der Waals surface area contributed by atoms with Crippen LogP contribution in [-0.2, 0) is 4.74 Å². The van der Waals surface area contributed by atoms with Crippen molar-refractivity contribution in [3.8, 4) is 0 Å². The first kappa shape index (κ1) is 13.9. The molecule has 1 rings (SSSR count). The average molecular weight is 228 g/mol. The van der Waals surface area contributed by atoms with E-state index in [0.29, 0.717) is 6.04 Å². The molecule has 1 aliphatic rings. The SMILES string of the molecule is CCCNCC1(C)OCCCCN1C(C)C. The summed E-state index contributed by atoms with van der Waals surface area (Å²) in [5.74, 6) is 0. The molecule has 0 saturated carbocycles. The summed E-state index contributed by atoms with van der Waals surface area (Å²) in [6, 6.07) is 0.548. The lowest BCUT2D eigenvalue weighted by molar-refractivity contribution is -0.141. The molecular formula is C13H28N2O. The van der Waals surface area contributed by atoms with Gasteiger partial charge in [0.1, 0.15) is 5.72 Å². The van der Waals surface area contributed by atoms with E-state index in [2.05, 4.69) is 37.9 Å². The van der Waals surface area contributed by atoms with Gasteiger partial charge in [-0.05, 0) is 46.6 Å². The van der Waals surface area contributed by atoms with Crippen LogP contribution in [0.15, 0.2) is 0 Å². The van der Waals surface area contributed by atoms with Gasteiger partial charge >= 0.3 is 0 Å². The van der Waals surface area contributed by atoms with Crippen LogP contribution in [0.1, 0.15) is 47.0 Å². The highest BCUT2D eigenvalue weighted by molar-refractivity contribution is 4.83. The maximum Gasteiger partial charge on any atom is 0.131 e. The van der Waals surface area contributed by atoms with E-state index in [9.17, 15) is 0 Å². The van der Waals surface area contributed by atoms with Gasteiger partial charge in [-0.15, -0.1) is 0 Å². The van der Waals surface area contributed by atoms with Gasteiger partial charge in [-0.1, -0.05) is 6.92 Å². The standard InChI is InChI=1S/C13H28N2O/c1-5-8-14-11-13(4)15(12(2)3)9-6-7-10-16-13/h12,14H,5-11H2,1-4H3. The molecule has 96 valence electrons. The van der Waals surface area contributed by atoms with Crippen molar-refractivity contribution < 1.29 is 4.74 Å². The molecule has 3 heteroatoms. The van der Waals surface area contributed by atoms with Gasteiger partial charge in [-0.25, -0.2) is 0 Å². The van der Waals surface area contributed by atoms with E-state index in [4.69, 9.17) is 4.74 Å². The zero-order chi connectivity index (χ0) is 12.0. The van der Waals surface area contributed by atoms with E-state index >= 15 is 0 Å². The van der Waals surface area contributed by atoms with Crippen LogP contribution in [0.4, 0.5) is 0 Å². The maximum absolute atomic E-state index is 6.07. The van der Waals surface area contributed by atoms with Crippen LogP contribution in [-0.4, -0.2) is 42.9 Å². The van der Waals surface area contributed by atoms with E-state index in [-0.39, 0.29) is 5.72 Å². The van der Waals surface area contributed by atoms with Crippen LogP contribution >= 0.6 is 0 Å². The number of ether oxygens (including phenoxy) is 1. The minimum absolute atomic E-state index is 0.125. The molecule has 3 nitrogen and oxygen atoms in total. The summed E-state index contributed by atoms with van der Waals surface area (Å²) in [5, 5.41) is 3.49. The van der Waals surface area contributed by atoms with Gasteiger partial charge < -0.3 is 10.1 Å². The summed E-state index contributed by atoms with van der Waals surface area (Å²) in [6.07, 6.45) is 3.62. The molecule has 1 atom stereocenters. The Kier molecular flexibility index (Phi) is 5.73. The van der Waals surface area contributed by atoms with Crippen LogP contribution < -0.4 is 5.32 Å². The molecular weight excluding hydrogens is 200 g/mol. The number of rotatable bonds is 5. The quantitative estimate of drug-likeness (QED) is 0.730. The smallest absolute Gasteiger partial charge is 0.131 e. The Morgan fingerprint density at radius 1 is 1.38 bits per heavy atom. The van der Waals surface area contributed by atoms with Gasteiger partial charge in [0.2, 0.25) is 0 Å². The van der Waals surface area contributed by atoms with Crippen molar-refractivity contribution in [2.75, 3.05) is 26.2 Å². The molecule has 16 heavy (non-hydrogen) atoms. The highest BCUT2D eigenvalue weighted by Crippen LogP contribution is 2.23. The van der Waals surface area contributed by atoms with E-state index in [1.54, 1.807) is 0 Å². The Hall–Kier alpha value is -0.120. The van der Waals surface area contributed by atoms with Crippen LogP contribution in [0.5, 0.6) is 0 Å². The van der Waals surface area contributed by atoms with Crippen molar-refractivity contribution >= 4 is 0 Å². The highest BCUT2D eigenvalue weighted by atomic mass is 16.5. The second-order valence-electron chi connectivity index (χ2n) is 5.19. The van der Waals surface area contributed by atoms with Crippen molar-refractivity contribution in [1.29, 1.82) is 0 Å². The summed E-state index contributed by atoms with van der Waals surface area (Å²) in [7, 11) is 0. The van der Waals surface area contributed by atoms with Crippen LogP contribution in [0.3, 0.4) is 0 Å². The lowest BCUT2D eigenvalue weighted by atomic mass is 10.1. The van der Waals surface area contributed by atoms with E-state index in [1.165, 1.54) is 19.3 Å². The molecule has 1 heterocycles. The van der Waals surface area contributed by atoms with E-state index < -0.39 is 0 Å². The fourth-order valence-electron chi connectivity index (χ4n) is 2.45. The third kappa shape index (κ3) is 3.72. The molecule has 0 amide bonds. The van der Waals surface area contributed by atoms with Crippen molar-refractivity contribution in [3.63, 3.8) is 0 Å². The van der Waals surface area contributed by atoms with Crippen molar-refractivity contribution in [1.82, 2.24) is 10.2 Å². The number of hydrogen-bond acceptors (Lipinski definition) is 3. The Bertz CT molecular complexity index is 196. The molecule has 0 aromatic rings. The third-order valence-corrected chi connectivity index (χ3v) is 3.32. The first-order chi connectivity index (χ1) is 7.60. The summed E-state index contributed by atoms with van der Waals surface area (Å²) >= 11 is 0. The predicted octanol–water partition coefficient (Wildman–Crippen LogP) is 2.22. The third-order valence-electron chi connectivity index (χ3n) is 3.32. The topological polar surface area (TPSA) is 24.5 Å². The second kappa shape index (κ2) is 6.58. The number of nitrogens with one attached hydrogen (secondary N) is 1. The normalized spacial score (nSPS) is 28.3. The molecule has 0 spiro atoms. The monoisotopic (exact) mass is 228 g/mol. The Morgan fingerprint density at radius 2 is 2.12 bits per heavy atom. The first-order valence-electron chi connectivity index (χ1n) is 6.71. The Labute approximate surface area is 101 Å². The molecule has 1 fully saturated rings. The molecule has 0 radical (unpaired) electrons. The molecule has 1 unspecified atom stereocenters. The van der Waals surface area contributed by atoms with Gasteiger partial charge in [-0.3, -0.25) is 4.90 Å². The Balaban J connectivity index is 2.60. The van der Waals surface area contributed by atoms with E-state index in [1.807, 2.05) is 0 Å². The maximum atomic E-state index is 6.07. The lowest BCUT2D eigenvalue weighted by Crippen LogP contribution is -2.56. The van der Waals surface area contributed by atoms with Crippen molar-refractivity contribution in [2.24, 2.45) is 0 Å². The molecule has 0 aromatic heterocycles. The van der Waals surface area contributed by atoms with Gasteiger partial charge in [0, 0.05) is 25.7 Å². The number of hydrogen-bond donors (Lipinski definition) is 1. The zero-order valence-electron chi connectivity index (χ0n) is 11.4. The molecule has 0 aromatic carbocycles. The molecule has 1 saturated heterocycles. The summed E-state index contributed by atoms with van der Waals surface area (Å²) in [4.78, 5) is 2.49. The second-order valence-corrected chi connectivity index (χ2v) is 5.19. The van der Waals surface area contributed by atoms with Gasteiger partial charge in [-0.2, -0.15) is 0 Å². The van der Waals surface area contributed by atoms with Gasteiger partial charge in [0.15, 0.2) is 0 Å². The predicted molar refractivity (Wildman–Crippen MR) is 68.6 cm³/mol.